The first kappa shape index (κ1) is 14.6. The monoisotopic (exact) mass is 320 g/mol. The molecule has 7 heteroatoms. The van der Waals surface area contributed by atoms with Crippen molar-refractivity contribution in [2.45, 2.75) is 18.8 Å². The highest BCUT2D eigenvalue weighted by Gasteiger charge is 2.16. The second-order valence-electron chi connectivity index (χ2n) is 4.50. The van der Waals surface area contributed by atoms with Crippen molar-refractivity contribution in [3.8, 4) is 0 Å². The average molecular weight is 321 g/mol. The second-order valence-corrected chi connectivity index (χ2v) is 7.85. The lowest BCUT2D eigenvalue weighted by molar-refractivity contribution is 0.593. The van der Waals surface area contributed by atoms with Crippen molar-refractivity contribution in [1.82, 2.24) is 9.55 Å². The van der Waals surface area contributed by atoms with Crippen LogP contribution in [-0.4, -0.2) is 30.0 Å². The standard InChI is InChI=1S/C12H14Cl2N2O2S/c1-8(13)12-15-10-7-9(14)3-4-11(10)16(12)5-6-19(2,17)18/h3-4,7-8H,5-6H2,1-2H3. The van der Waals surface area contributed by atoms with Crippen molar-refractivity contribution < 1.29 is 8.42 Å². The van der Waals surface area contributed by atoms with Gasteiger partial charge in [0.15, 0.2) is 0 Å². The third-order valence-electron chi connectivity index (χ3n) is 2.78. The van der Waals surface area contributed by atoms with Gasteiger partial charge in [-0.2, -0.15) is 0 Å². The fourth-order valence-corrected chi connectivity index (χ4v) is 2.76. The first-order valence-corrected chi connectivity index (χ1v) is 8.63. The molecule has 0 radical (unpaired) electrons. The van der Waals surface area contributed by atoms with Crippen molar-refractivity contribution in [3.63, 3.8) is 0 Å². The lowest BCUT2D eigenvalue weighted by Crippen LogP contribution is -2.13. The molecule has 2 rings (SSSR count). The summed E-state index contributed by atoms with van der Waals surface area (Å²) in [5.74, 6) is 0.708. The zero-order chi connectivity index (χ0) is 14.2. The smallest absolute Gasteiger partial charge is 0.149 e. The van der Waals surface area contributed by atoms with Crippen LogP contribution in [0.5, 0.6) is 0 Å². The molecule has 1 aromatic heterocycles. The maximum atomic E-state index is 11.3. The summed E-state index contributed by atoms with van der Waals surface area (Å²) in [6.07, 6.45) is 1.22. The number of nitrogens with zero attached hydrogens (tertiary/aromatic N) is 2. The van der Waals surface area contributed by atoms with Crippen LogP contribution in [0.2, 0.25) is 5.02 Å². The molecular weight excluding hydrogens is 307 g/mol. The highest BCUT2D eigenvalue weighted by Crippen LogP contribution is 2.26. The van der Waals surface area contributed by atoms with E-state index >= 15 is 0 Å². The predicted molar refractivity (Wildman–Crippen MR) is 78.7 cm³/mol. The van der Waals surface area contributed by atoms with Gasteiger partial charge >= 0.3 is 0 Å². The fourth-order valence-electron chi connectivity index (χ4n) is 1.92. The van der Waals surface area contributed by atoms with Crippen molar-refractivity contribution >= 4 is 44.1 Å². The molecule has 2 aromatic rings. The summed E-state index contributed by atoms with van der Waals surface area (Å²) < 4.78 is 24.5. The van der Waals surface area contributed by atoms with Gasteiger partial charge in [-0.05, 0) is 25.1 Å². The van der Waals surface area contributed by atoms with E-state index in [1.54, 1.807) is 19.1 Å². The molecule has 1 unspecified atom stereocenters. The molecule has 19 heavy (non-hydrogen) atoms. The Morgan fingerprint density at radius 1 is 1.42 bits per heavy atom. The SMILES string of the molecule is CC(Cl)c1nc2cc(Cl)ccc2n1CCS(C)(=O)=O. The number of aryl methyl sites for hydroxylation is 1. The number of aromatic nitrogens is 2. The molecule has 104 valence electrons. The Morgan fingerprint density at radius 2 is 2.11 bits per heavy atom. The quantitative estimate of drug-likeness (QED) is 0.813. The summed E-state index contributed by atoms with van der Waals surface area (Å²) in [6.45, 7) is 2.14. The maximum Gasteiger partial charge on any atom is 0.149 e. The minimum absolute atomic E-state index is 0.0533. The lowest BCUT2D eigenvalue weighted by atomic mass is 10.3. The van der Waals surface area contributed by atoms with E-state index in [4.69, 9.17) is 23.2 Å². The van der Waals surface area contributed by atoms with E-state index in [-0.39, 0.29) is 11.1 Å². The molecule has 0 N–H and O–H groups in total. The van der Waals surface area contributed by atoms with E-state index in [9.17, 15) is 8.42 Å². The second kappa shape index (κ2) is 5.31. The fraction of sp³-hybridized carbons (Fsp3) is 0.417. The van der Waals surface area contributed by atoms with Crippen molar-refractivity contribution in [2.24, 2.45) is 0 Å². The molecule has 0 spiro atoms. The van der Waals surface area contributed by atoms with Crippen LogP contribution in [0.25, 0.3) is 11.0 Å². The number of imidazole rings is 1. The number of hydrogen-bond donors (Lipinski definition) is 0. The highest BCUT2D eigenvalue weighted by atomic mass is 35.5. The Kier molecular flexibility index (Phi) is 4.08. The van der Waals surface area contributed by atoms with Crippen LogP contribution >= 0.6 is 23.2 Å². The maximum absolute atomic E-state index is 11.3. The number of hydrogen-bond acceptors (Lipinski definition) is 3. The van der Waals surface area contributed by atoms with Crippen LogP contribution in [0.15, 0.2) is 18.2 Å². The molecule has 0 aliphatic heterocycles. The van der Waals surface area contributed by atoms with E-state index in [1.165, 1.54) is 6.26 Å². The molecule has 4 nitrogen and oxygen atoms in total. The van der Waals surface area contributed by atoms with Crippen molar-refractivity contribution in [3.05, 3.63) is 29.0 Å². The molecular formula is C12H14Cl2N2O2S. The van der Waals surface area contributed by atoms with E-state index in [2.05, 4.69) is 4.98 Å². The van der Waals surface area contributed by atoms with E-state index < -0.39 is 9.84 Å². The first-order chi connectivity index (χ1) is 8.78. The average Bonchev–Trinajstić information content (AvgIpc) is 2.63. The number of benzene rings is 1. The van der Waals surface area contributed by atoms with Crippen LogP contribution in [-0.2, 0) is 16.4 Å². The van der Waals surface area contributed by atoms with Gasteiger partial charge in [-0.3, -0.25) is 0 Å². The van der Waals surface area contributed by atoms with Gasteiger partial charge in [-0.1, -0.05) is 11.6 Å². The Labute approximate surface area is 122 Å². The van der Waals surface area contributed by atoms with Gasteiger partial charge in [0.1, 0.15) is 15.7 Å². The van der Waals surface area contributed by atoms with Gasteiger partial charge in [0.25, 0.3) is 0 Å². The Hall–Kier alpha value is -0.780. The molecule has 1 aromatic carbocycles. The number of halogens is 2. The molecule has 0 bridgehead atoms. The topological polar surface area (TPSA) is 52.0 Å². The van der Waals surface area contributed by atoms with Crippen LogP contribution < -0.4 is 0 Å². The number of sulfone groups is 1. The van der Waals surface area contributed by atoms with Crippen molar-refractivity contribution in [2.75, 3.05) is 12.0 Å². The largest absolute Gasteiger partial charge is 0.326 e. The van der Waals surface area contributed by atoms with Crippen molar-refractivity contribution in [1.29, 1.82) is 0 Å². The summed E-state index contributed by atoms with van der Waals surface area (Å²) in [6, 6.07) is 5.33. The van der Waals surface area contributed by atoms with Gasteiger partial charge in [-0.15, -0.1) is 11.6 Å². The van der Waals surface area contributed by atoms with Crippen LogP contribution in [0, 0.1) is 0 Å². The Bertz CT molecular complexity index is 708. The Morgan fingerprint density at radius 3 is 2.68 bits per heavy atom. The minimum atomic E-state index is -3.04. The number of rotatable bonds is 4. The van der Waals surface area contributed by atoms with Crippen LogP contribution in [0.1, 0.15) is 18.1 Å². The van der Waals surface area contributed by atoms with E-state index in [1.807, 2.05) is 10.6 Å². The normalized spacial score (nSPS) is 13.9. The van der Waals surface area contributed by atoms with Gasteiger partial charge in [0.05, 0.1) is 22.2 Å². The third-order valence-corrected chi connectivity index (χ3v) is 4.14. The van der Waals surface area contributed by atoms with Gasteiger partial charge < -0.3 is 4.57 Å². The molecule has 0 aliphatic rings. The zero-order valence-electron chi connectivity index (χ0n) is 10.6. The summed E-state index contributed by atoms with van der Waals surface area (Å²) in [4.78, 5) is 4.43. The minimum Gasteiger partial charge on any atom is -0.326 e. The molecule has 0 amide bonds. The first-order valence-electron chi connectivity index (χ1n) is 5.75. The van der Waals surface area contributed by atoms with Crippen LogP contribution in [0.3, 0.4) is 0 Å². The zero-order valence-corrected chi connectivity index (χ0v) is 12.9. The number of alkyl halides is 1. The summed E-state index contributed by atoms with van der Waals surface area (Å²) in [5, 5.41) is 0.291. The highest BCUT2D eigenvalue weighted by molar-refractivity contribution is 7.90. The molecule has 0 saturated carbocycles. The summed E-state index contributed by atoms with van der Waals surface area (Å²) >= 11 is 12.0. The molecule has 0 aliphatic carbocycles. The van der Waals surface area contributed by atoms with E-state index in [0.29, 0.717) is 17.4 Å². The van der Waals surface area contributed by atoms with Gasteiger partial charge in [0, 0.05) is 17.8 Å². The van der Waals surface area contributed by atoms with Crippen LogP contribution in [0.4, 0.5) is 0 Å². The Balaban J connectivity index is 2.52. The lowest BCUT2D eigenvalue weighted by Gasteiger charge is -2.09. The third kappa shape index (κ3) is 3.41. The number of fused-ring (bicyclic) bond motifs is 1. The van der Waals surface area contributed by atoms with Gasteiger partial charge in [0.2, 0.25) is 0 Å². The molecule has 0 saturated heterocycles. The molecule has 0 fully saturated rings. The molecule has 1 atom stereocenters. The molecule has 1 heterocycles. The predicted octanol–water partition coefficient (Wildman–Crippen LogP) is 3.03. The van der Waals surface area contributed by atoms with Gasteiger partial charge in [-0.25, -0.2) is 13.4 Å². The summed E-state index contributed by atoms with van der Waals surface area (Å²) in [7, 11) is -3.04. The van der Waals surface area contributed by atoms with E-state index in [0.717, 1.165) is 11.0 Å². The summed E-state index contributed by atoms with van der Waals surface area (Å²) in [5.41, 5.74) is 1.57.